The molecule has 396 valence electrons. The van der Waals surface area contributed by atoms with Crippen LogP contribution in [0.15, 0.2) is 107 Å². The van der Waals surface area contributed by atoms with Crippen LogP contribution < -0.4 is 5.32 Å². The van der Waals surface area contributed by atoms with Gasteiger partial charge in [0.05, 0.1) is 42.5 Å². The highest BCUT2D eigenvalue weighted by Gasteiger charge is 2.40. The Kier molecular flexibility index (Phi) is 17.6. The van der Waals surface area contributed by atoms with Crippen LogP contribution in [0.2, 0.25) is 0 Å². The van der Waals surface area contributed by atoms with E-state index in [0.29, 0.717) is 54.0 Å². The van der Waals surface area contributed by atoms with Gasteiger partial charge in [-0.05, 0) is 105 Å². The average Bonchev–Trinajstić information content (AvgIpc) is 4.20. The van der Waals surface area contributed by atoms with E-state index in [1.165, 1.54) is 28.1 Å². The van der Waals surface area contributed by atoms with E-state index in [0.717, 1.165) is 22.3 Å². The Morgan fingerprint density at radius 1 is 0.636 bits per heavy atom. The average molecular weight is 1180 g/mol. The van der Waals surface area contributed by atoms with Crippen molar-refractivity contribution < 1.29 is 42.7 Å². The number of ketones is 4. The topological polar surface area (TPSA) is 251 Å². The van der Waals surface area contributed by atoms with Gasteiger partial charge < -0.3 is 15.3 Å². The molecule has 0 aliphatic carbocycles. The molecule has 8 heterocycles. The Morgan fingerprint density at radius 2 is 1.12 bits per heavy atom. The molecule has 0 unspecified atom stereocenters. The van der Waals surface area contributed by atoms with Gasteiger partial charge >= 0.3 is 5.97 Å². The van der Waals surface area contributed by atoms with Gasteiger partial charge in [0.15, 0.2) is 23.1 Å². The Bertz CT molecular complexity index is 3540. The van der Waals surface area contributed by atoms with Gasteiger partial charge in [-0.1, -0.05) is 24.3 Å². The Balaban J connectivity index is 0.000000170. The van der Waals surface area contributed by atoms with Crippen molar-refractivity contribution in [2.75, 3.05) is 13.1 Å². The number of hydrogen-bond donors (Lipinski definition) is 2. The number of hydrogen-bond acceptors (Lipinski definition) is 15. The quantitative estimate of drug-likeness (QED) is 0.0783. The summed E-state index contributed by atoms with van der Waals surface area (Å²) >= 11 is 6.53. The molecule has 2 fully saturated rings. The van der Waals surface area contributed by atoms with Crippen LogP contribution in [-0.4, -0.2) is 132 Å². The van der Waals surface area contributed by atoms with E-state index in [2.05, 4.69) is 77.3 Å². The molecular formula is C54H50Br2F2N12O7. The van der Waals surface area contributed by atoms with Gasteiger partial charge in [-0.2, -0.15) is 10.2 Å². The first-order chi connectivity index (χ1) is 36.8. The van der Waals surface area contributed by atoms with Gasteiger partial charge in [-0.25, -0.2) is 38.7 Å². The number of pyridine rings is 2. The van der Waals surface area contributed by atoms with Gasteiger partial charge in [-0.3, -0.25) is 38.1 Å². The first-order valence-electron chi connectivity index (χ1n) is 24.2. The van der Waals surface area contributed by atoms with Gasteiger partial charge in [-0.15, -0.1) is 0 Å². The fourth-order valence-electron chi connectivity index (χ4n) is 8.91. The third kappa shape index (κ3) is 13.8. The lowest BCUT2D eigenvalue weighted by Crippen LogP contribution is -2.43. The van der Waals surface area contributed by atoms with E-state index in [1.54, 1.807) is 81.1 Å². The summed E-state index contributed by atoms with van der Waals surface area (Å²) in [6, 6.07) is 20.3. The number of carbonyl (C=O) groups is 6. The second kappa shape index (κ2) is 24.5. The molecule has 0 saturated carbocycles. The van der Waals surface area contributed by atoms with Gasteiger partial charge in [0.25, 0.3) is 0 Å². The number of likely N-dealkylation sites (tertiary alicyclic amines) is 1. The van der Waals surface area contributed by atoms with E-state index in [-0.39, 0.29) is 92.4 Å². The molecular weight excluding hydrogens is 1130 g/mol. The Hall–Kier alpha value is -7.76. The molecule has 1 amide bonds. The zero-order valence-corrected chi connectivity index (χ0v) is 45.2. The number of fused-ring (bicyclic) bond motifs is 2. The largest absolute Gasteiger partial charge is 0.480 e. The van der Waals surface area contributed by atoms with E-state index in [9.17, 15) is 37.5 Å². The molecule has 4 atom stereocenters. The SMILES string of the molecule is CC(=O)c1nn(CC(=O)N2C[C@H](F)C[C@H]2C(=O)Cc2cccc(Br)n2)c2ccc(-c3cnc(C)nc3)cc12.CC(=O)c1nn(CC(=O)O)c2ccc(-c3cnc(C)nc3)cc12.O=C(Cc1cccc(Br)n1)[C@@H]1C[C@@H](F)CN1. The molecule has 2 aromatic carbocycles. The lowest BCUT2D eigenvalue weighted by Gasteiger charge is -2.23. The normalized spacial score (nSPS) is 16.9. The molecule has 0 spiro atoms. The number of Topliss-reactive ketones (excluding diaryl/α,β-unsaturated/α-hetero) is 4. The number of halogens is 4. The number of benzene rings is 2. The Morgan fingerprint density at radius 3 is 1.56 bits per heavy atom. The van der Waals surface area contributed by atoms with Crippen molar-refractivity contribution in [3.05, 3.63) is 141 Å². The summed E-state index contributed by atoms with van der Waals surface area (Å²) in [5.74, 6) is -0.868. The number of aliphatic carboxylic acids is 1. The fraction of sp³-hybridized carbons (Fsp3) is 0.296. The first-order valence-corrected chi connectivity index (χ1v) is 25.8. The van der Waals surface area contributed by atoms with E-state index < -0.39 is 30.3 Å². The number of aromatic nitrogens is 10. The third-order valence-corrected chi connectivity index (χ3v) is 13.5. The zero-order valence-electron chi connectivity index (χ0n) is 42.0. The number of amides is 1. The van der Waals surface area contributed by atoms with Gasteiger partial charge in [0.2, 0.25) is 5.91 Å². The number of rotatable bonds is 14. The van der Waals surface area contributed by atoms with Crippen LogP contribution in [0.3, 0.4) is 0 Å². The summed E-state index contributed by atoms with van der Waals surface area (Å²) < 4.78 is 31.4. The fourth-order valence-corrected chi connectivity index (χ4v) is 9.67. The lowest BCUT2D eigenvalue weighted by atomic mass is 10.0. The van der Waals surface area contributed by atoms with Crippen LogP contribution in [-0.2, 0) is 45.1 Å². The predicted octanol–water partition coefficient (Wildman–Crippen LogP) is 7.66. The lowest BCUT2D eigenvalue weighted by molar-refractivity contribution is -0.138. The molecule has 2 aliphatic rings. The van der Waals surface area contributed by atoms with Crippen LogP contribution in [0.5, 0.6) is 0 Å². The molecule has 0 bridgehead atoms. The highest BCUT2D eigenvalue weighted by atomic mass is 79.9. The number of carboxylic acids is 1. The molecule has 2 N–H and O–H groups in total. The van der Waals surface area contributed by atoms with Crippen molar-refractivity contribution in [2.45, 2.75) is 90.9 Å². The second-order valence-electron chi connectivity index (χ2n) is 18.4. The molecule has 0 radical (unpaired) electrons. The smallest absolute Gasteiger partial charge is 0.325 e. The van der Waals surface area contributed by atoms with Crippen molar-refractivity contribution in [3.63, 3.8) is 0 Å². The molecule has 77 heavy (non-hydrogen) atoms. The van der Waals surface area contributed by atoms with Crippen LogP contribution in [0, 0.1) is 13.8 Å². The molecule has 19 nitrogen and oxygen atoms in total. The van der Waals surface area contributed by atoms with Crippen molar-refractivity contribution >= 4 is 88.7 Å². The number of aryl methyl sites for hydroxylation is 2. The molecule has 8 aromatic rings. The maximum absolute atomic E-state index is 14.4. The summed E-state index contributed by atoms with van der Waals surface area (Å²) in [4.78, 5) is 99.8. The zero-order chi connectivity index (χ0) is 55.1. The number of nitrogens with one attached hydrogen (secondary N) is 1. The van der Waals surface area contributed by atoms with E-state index >= 15 is 0 Å². The molecule has 10 rings (SSSR count). The number of nitrogens with zero attached hydrogens (tertiary/aromatic N) is 11. The minimum atomic E-state index is -1.30. The summed E-state index contributed by atoms with van der Waals surface area (Å²) in [6.45, 7) is 6.00. The standard InChI is InChI=1S/C27H24BrFN6O3.C16H14N4O3.C11H12BrFN2O/c1-15(36)27-21-8-17(18-11-30-16(2)31-12-18)6-7-22(21)35(33-27)14-26(38)34-13-19(29)9-23(34)24(37)10-20-4-3-5-25(28)32-20;1-9(21)16-13-5-11(12-6-17-10(2)18-7-12)3-4-14(13)20(19-16)8-15(22)23;12-11-3-1-2-8(15-11)5-10(16)9-4-7(13)6-14-9/h3-8,11-12,19,23H,9-10,13-14H2,1-2H3;3-7H,8H2,1-2H3,(H,22,23);1-3,7,9,14H,4-6H2/t19-,23+;;7-,9+/m1.1/s1. The molecule has 2 saturated heterocycles. The van der Waals surface area contributed by atoms with Crippen molar-refractivity contribution in [2.24, 2.45) is 0 Å². The summed E-state index contributed by atoms with van der Waals surface area (Å²) in [5.41, 5.74) is 6.17. The van der Waals surface area contributed by atoms with E-state index in [1.807, 2.05) is 30.3 Å². The highest BCUT2D eigenvalue weighted by Crippen LogP contribution is 2.30. The van der Waals surface area contributed by atoms with Crippen LogP contribution in [0.1, 0.15) is 70.7 Å². The first kappa shape index (κ1) is 55.5. The molecule has 6 aromatic heterocycles. The highest BCUT2D eigenvalue weighted by molar-refractivity contribution is 9.10. The van der Waals surface area contributed by atoms with Gasteiger partial charge in [0.1, 0.15) is 57.7 Å². The maximum atomic E-state index is 14.4. The van der Waals surface area contributed by atoms with Gasteiger partial charge in [0, 0.05) is 91.3 Å². The van der Waals surface area contributed by atoms with Crippen molar-refractivity contribution in [1.29, 1.82) is 0 Å². The van der Waals surface area contributed by atoms with Crippen LogP contribution >= 0.6 is 31.9 Å². The van der Waals surface area contributed by atoms with Crippen molar-refractivity contribution in [3.8, 4) is 22.3 Å². The molecule has 2 aliphatic heterocycles. The summed E-state index contributed by atoms with van der Waals surface area (Å²) in [7, 11) is 0. The number of alkyl halides is 2. The minimum Gasteiger partial charge on any atom is -0.480 e. The predicted molar refractivity (Wildman–Crippen MR) is 286 cm³/mol. The van der Waals surface area contributed by atoms with E-state index in [4.69, 9.17) is 5.11 Å². The summed E-state index contributed by atoms with van der Waals surface area (Å²) in [5, 5.41) is 21.6. The third-order valence-electron chi connectivity index (χ3n) is 12.6. The number of carbonyl (C=O) groups excluding carboxylic acids is 5. The monoisotopic (exact) mass is 1170 g/mol. The maximum Gasteiger partial charge on any atom is 0.325 e. The second-order valence-corrected chi connectivity index (χ2v) is 20.0. The minimum absolute atomic E-state index is 0.00532. The Labute approximate surface area is 456 Å². The van der Waals surface area contributed by atoms with Crippen LogP contribution in [0.4, 0.5) is 8.78 Å². The summed E-state index contributed by atoms with van der Waals surface area (Å²) in [6.07, 6.45) is 5.09. The number of carboxylic acid groups (broad SMARTS) is 1. The van der Waals surface area contributed by atoms with Crippen molar-refractivity contribution in [1.82, 2.24) is 59.7 Å². The van der Waals surface area contributed by atoms with Crippen LogP contribution in [0.25, 0.3) is 44.1 Å². The molecule has 23 heteroatoms.